The number of amides is 2. The molecule has 0 heterocycles. The highest BCUT2D eigenvalue weighted by Crippen LogP contribution is 2.16. The number of carbonyl (C=O) groups excluding carboxylic acids is 2. The van der Waals surface area contributed by atoms with Gasteiger partial charge in [-0.3, -0.25) is 9.59 Å². The van der Waals surface area contributed by atoms with Crippen LogP contribution in [0.15, 0.2) is 60.3 Å². The average molecular weight is 354 g/mol. The lowest BCUT2D eigenvalue weighted by Crippen LogP contribution is -2.28. The lowest BCUT2D eigenvalue weighted by atomic mass is 10.2. The molecule has 0 atom stereocenters. The molecule has 0 fully saturated rings. The summed E-state index contributed by atoms with van der Waals surface area (Å²) in [5.74, 6) is -0.0386. The molecule has 2 rings (SSSR count). The van der Waals surface area contributed by atoms with Gasteiger partial charge in [0.1, 0.15) is 18.1 Å². The van der Waals surface area contributed by atoms with Crippen LogP contribution < -0.4 is 15.4 Å². The molecule has 6 nitrogen and oxygen atoms in total. The van der Waals surface area contributed by atoms with E-state index in [-0.39, 0.29) is 11.6 Å². The van der Waals surface area contributed by atoms with E-state index in [1.165, 1.54) is 6.92 Å². The zero-order chi connectivity index (χ0) is 18.8. The van der Waals surface area contributed by atoms with Crippen LogP contribution in [0.5, 0.6) is 5.75 Å². The molecule has 2 aromatic rings. The van der Waals surface area contributed by atoms with Crippen LogP contribution in [0.2, 0.25) is 0 Å². The van der Waals surface area contributed by atoms with Crippen molar-refractivity contribution in [3.8, 4) is 5.75 Å². The minimum Gasteiger partial charge on any atom is -0.491 e. The first kappa shape index (κ1) is 19.2. The van der Waals surface area contributed by atoms with Crippen LogP contribution in [-0.4, -0.2) is 32.1 Å². The number of hydrogen-bond donors (Lipinski definition) is 2. The third-order valence-electron chi connectivity index (χ3n) is 3.33. The molecular weight excluding hydrogens is 332 g/mol. The summed E-state index contributed by atoms with van der Waals surface area (Å²) in [5, 5.41) is 5.33. The zero-order valence-electron chi connectivity index (χ0n) is 14.8. The molecule has 0 saturated carbocycles. The van der Waals surface area contributed by atoms with Crippen molar-refractivity contribution in [3.63, 3.8) is 0 Å². The average Bonchev–Trinajstić information content (AvgIpc) is 2.63. The van der Waals surface area contributed by atoms with Crippen molar-refractivity contribution < 1.29 is 19.1 Å². The number of ether oxygens (including phenoxy) is 2. The van der Waals surface area contributed by atoms with Gasteiger partial charge >= 0.3 is 0 Å². The van der Waals surface area contributed by atoms with Crippen molar-refractivity contribution in [3.05, 3.63) is 65.9 Å². The fourth-order valence-corrected chi connectivity index (χ4v) is 2.14. The number of nitrogens with one attached hydrogen (secondary N) is 2. The highest BCUT2D eigenvalue weighted by Gasteiger charge is 2.11. The summed E-state index contributed by atoms with van der Waals surface area (Å²) in [6, 6.07) is 16.3. The molecule has 0 aromatic heterocycles. The second-order valence-electron chi connectivity index (χ2n) is 5.47. The predicted molar refractivity (Wildman–Crippen MR) is 101 cm³/mol. The summed E-state index contributed by atoms with van der Waals surface area (Å²) in [6.07, 6.45) is 1.62. The molecule has 0 radical (unpaired) electrons. The summed E-state index contributed by atoms with van der Waals surface area (Å²) in [4.78, 5) is 23.9. The molecule has 136 valence electrons. The standard InChI is InChI=1S/C20H22N2O4/c1-15(23)21-19(14-16-6-4-3-5-7-16)20(24)22-17-8-10-18(11-9-17)26-13-12-25-2/h3-11,14H,12-13H2,1-2H3,(H,21,23)(H,22,24)/b19-14-. The minimum atomic E-state index is -0.405. The minimum absolute atomic E-state index is 0.170. The molecule has 2 aromatic carbocycles. The van der Waals surface area contributed by atoms with Gasteiger partial charge in [0.05, 0.1) is 6.61 Å². The van der Waals surface area contributed by atoms with Gasteiger partial charge in [-0.1, -0.05) is 30.3 Å². The van der Waals surface area contributed by atoms with Gasteiger partial charge in [-0.2, -0.15) is 0 Å². The van der Waals surface area contributed by atoms with Crippen molar-refractivity contribution in [1.82, 2.24) is 5.32 Å². The lowest BCUT2D eigenvalue weighted by molar-refractivity contribution is -0.120. The second-order valence-corrected chi connectivity index (χ2v) is 5.47. The van der Waals surface area contributed by atoms with Crippen molar-refractivity contribution in [2.75, 3.05) is 25.6 Å². The van der Waals surface area contributed by atoms with Crippen LogP contribution in [0.1, 0.15) is 12.5 Å². The molecule has 0 spiro atoms. The maximum atomic E-state index is 12.5. The summed E-state index contributed by atoms with van der Waals surface area (Å²) in [7, 11) is 1.61. The summed E-state index contributed by atoms with van der Waals surface area (Å²) in [5.41, 5.74) is 1.58. The van der Waals surface area contributed by atoms with Crippen molar-refractivity contribution >= 4 is 23.6 Å². The van der Waals surface area contributed by atoms with Crippen molar-refractivity contribution in [2.24, 2.45) is 0 Å². The first-order chi connectivity index (χ1) is 12.6. The highest BCUT2D eigenvalue weighted by atomic mass is 16.5. The van der Waals surface area contributed by atoms with Gasteiger partial charge in [-0.05, 0) is 35.9 Å². The number of benzene rings is 2. The predicted octanol–water partition coefficient (Wildman–Crippen LogP) is 2.83. The Bertz CT molecular complexity index is 755. The molecule has 2 N–H and O–H groups in total. The number of methoxy groups -OCH3 is 1. The molecular formula is C20H22N2O4. The van der Waals surface area contributed by atoms with E-state index in [1.54, 1.807) is 37.5 Å². The largest absolute Gasteiger partial charge is 0.491 e. The van der Waals surface area contributed by atoms with Gasteiger partial charge < -0.3 is 20.1 Å². The number of anilines is 1. The summed E-state index contributed by atoms with van der Waals surface area (Å²) in [6.45, 7) is 2.32. The number of carbonyl (C=O) groups is 2. The maximum Gasteiger partial charge on any atom is 0.272 e. The molecule has 0 unspecified atom stereocenters. The van der Waals surface area contributed by atoms with Crippen LogP contribution >= 0.6 is 0 Å². The molecule has 6 heteroatoms. The first-order valence-electron chi connectivity index (χ1n) is 8.16. The van der Waals surface area contributed by atoms with Crippen LogP contribution in [0, 0.1) is 0 Å². The van der Waals surface area contributed by atoms with E-state index in [0.717, 1.165) is 5.56 Å². The van der Waals surface area contributed by atoms with E-state index in [0.29, 0.717) is 24.7 Å². The number of hydrogen-bond acceptors (Lipinski definition) is 4. The van der Waals surface area contributed by atoms with Gasteiger partial charge in [0.2, 0.25) is 5.91 Å². The van der Waals surface area contributed by atoms with Gasteiger partial charge in [0.15, 0.2) is 0 Å². The Hall–Kier alpha value is -3.12. The number of rotatable bonds is 8. The zero-order valence-corrected chi connectivity index (χ0v) is 14.8. The Balaban J connectivity index is 2.06. The Labute approximate surface area is 152 Å². The van der Waals surface area contributed by atoms with Gasteiger partial charge in [-0.15, -0.1) is 0 Å². The smallest absolute Gasteiger partial charge is 0.272 e. The van der Waals surface area contributed by atoms with Crippen molar-refractivity contribution in [2.45, 2.75) is 6.92 Å². The second kappa shape index (κ2) is 10.0. The Morgan fingerprint density at radius 1 is 1.00 bits per heavy atom. The van der Waals surface area contributed by atoms with E-state index < -0.39 is 5.91 Å². The Kier molecular flexibility index (Phi) is 7.39. The van der Waals surface area contributed by atoms with E-state index in [4.69, 9.17) is 9.47 Å². The van der Waals surface area contributed by atoms with Crippen LogP contribution in [0.4, 0.5) is 5.69 Å². The quantitative estimate of drug-likeness (QED) is 0.564. The topological polar surface area (TPSA) is 76.7 Å². The van der Waals surface area contributed by atoms with Crippen molar-refractivity contribution in [1.29, 1.82) is 0 Å². The van der Waals surface area contributed by atoms with Crippen LogP contribution in [-0.2, 0) is 14.3 Å². The molecule has 0 bridgehead atoms. The summed E-state index contributed by atoms with van der Waals surface area (Å²) >= 11 is 0. The van der Waals surface area contributed by atoms with Gasteiger partial charge in [0.25, 0.3) is 5.91 Å². The fourth-order valence-electron chi connectivity index (χ4n) is 2.14. The summed E-state index contributed by atoms with van der Waals surface area (Å²) < 4.78 is 10.4. The highest BCUT2D eigenvalue weighted by molar-refractivity contribution is 6.08. The van der Waals surface area contributed by atoms with Gasteiger partial charge in [-0.25, -0.2) is 0 Å². The van der Waals surface area contributed by atoms with E-state index >= 15 is 0 Å². The third kappa shape index (κ3) is 6.41. The maximum absolute atomic E-state index is 12.5. The lowest BCUT2D eigenvalue weighted by Gasteiger charge is -2.11. The molecule has 0 aliphatic carbocycles. The normalized spacial score (nSPS) is 10.9. The third-order valence-corrected chi connectivity index (χ3v) is 3.33. The monoisotopic (exact) mass is 354 g/mol. The Morgan fingerprint density at radius 3 is 2.31 bits per heavy atom. The van der Waals surface area contributed by atoms with Crippen LogP contribution in [0.3, 0.4) is 0 Å². The molecule has 0 aliphatic rings. The SMILES string of the molecule is COCCOc1ccc(NC(=O)/C(=C/c2ccccc2)NC(C)=O)cc1. The Morgan fingerprint density at radius 2 is 1.69 bits per heavy atom. The van der Waals surface area contributed by atoms with Gasteiger partial charge in [0, 0.05) is 19.7 Å². The van der Waals surface area contributed by atoms with E-state index in [2.05, 4.69) is 10.6 Å². The molecule has 0 aliphatic heterocycles. The van der Waals surface area contributed by atoms with Crippen LogP contribution in [0.25, 0.3) is 6.08 Å². The molecule has 26 heavy (non-hydrogen) atoms. The van der Waals surface area contributed by atoms with E-state index in [9.17, 15) is 9.59 Å². The molecule has 2 amide bonds. The molecule has 0 saturated heterocycles. The van der Waals surface area contributed by atoms with E-state index in [1.807, 2.05) is 30.3 Å². The fraction of sp³-hybridized carbons (Fsp3) is 0.200. The first-order valence-corrected chi connectivity index (χ1v) is 8.16.